The predicted molar refractivity (Wildman–Crippen MR) is 49.5 cm³/mol. The lowest BCUT2D eigenvalue weighted by Gasteiger charge is -2.14. The van der Waals surface area contributed by atoms with E-state index in [-0.39, 0.29) is 0 Å². The molecule has 1 aromatic rings. The van der Waals surface area contributed by atoms with Crippen LogP contribution >= 0.6 is 15.9 Å². The molecule has 0 fully saturated rings. The van der Waals surface area contributed by atoms with Gasteiger partial charge in [0.05, 0.1) is 6.61 Å². The molecule has 1 N–H and O–H groups in total. The fourth-order valence-corrected chi connectivity index (χ4v) is 1.57. The van der Waals surface area contributed by atoms with Crippen LogP contribution < -0.4 is 4.74 Å². The van der Waals surface area contributed by atoms with Gasteiger partial charge >= 0.3 is 6.36 Å². The van der Waals surface area contributed by atoms with Gasteiger partial charge in [0.25, 0.3) is 6.43 Å². The van der Waals surface area contributed by atoms with Gasteiger partial charge in [0.15, 0.2) is 5.75 Å². The number of halogens is 6. The summed E-state index contributed by atoms with van der Waals surface area (Å²) in [5.41, 5.74) is -1.19. The van der Waals surface area contributed by atoms with Gasteiger partial charge in [-0.1, -0.05) is 0 Å². The fourth-order valence-electron chi connectivity index (χ4n) is 1.03. The van der Waals surface area contributed by atoms with E-state index in [0.29, 0.717) is 6.07 Å². The summed E-state index contributed by atoms with van der Waals surface area (Å²) in [7, 11) is 0. The van der Waals surface area contributed by atoms with E-state index in [0.717, 1.165) is 0 Å². The first-order valence-corrected chi connectivity index (χ1v) is 4.88. The monoisotopic (exact) mass is 321 g/mol. The number of ether oxygens (including phenoxy) is 1. The summed E-state index contributed by atoms with van der Waals surface area (Å²) in [6.45, 7) is -0.883. The van der Waals surface area contributed by atoms with E-state index in [9.17, 15) is 22.0 Å². The lowest BCUT2D eigenvalue weighted by atomic mass is 10.2. The first-order valence-electron chi connectivity index (χ1n) is 4.08. The molecule has 0 saturated carbocycles. The Bertz CT molecular complexity index is 410. The maximum atomic E-state index is 12.3. The Balaban J connectivity index is 3.21. The molecule has 0 atom stereocenters. The van der Waals surface area contributed by atoms with Gasteiger partial charge in [-0.25, -0.2) is 13.8 Å². The van der Waals surface area contributed by atoms with Crippen molar-refractivity contribution in [2.24, 2.45) is 0 Å². The van der Waals surface area contributed by atoms with Crippen molar-refractivity contribution in [3.05, 3.63) is 21.9 Å². The lowest BCUT2D eigenvalue weighted by Crippen LogP contribution is -2.19. The van der Waals surface area contributed by atoms with Gasteiger partial charge in [-0.3, -0.25) is 0 Å². The molecule has 0 bridgehead atoms. The largest absolute Gasteiger partial charge is 0.573 e. The molecular formula is C8H5BrF5NO2. The van der Waals surface area contributed by atoms with Crippen LogP contribution in [0.5, 0.6) is 5.75 Å². The molecule has 0 saturated heterocycles. The van der Waals surface area contributed by atoms with Gasteiger partial charge in [-0.15, -0.1) is 13.2 Å². The molecule has 1 aromatic heterocycles. The van der Waals surface area contributed by atoms with Crippen molar-refractivity contribution in [2.45, 2.75) is 19.4 Å². The topological polar surface area (TPSA) is 42.4 Å². The number of aliphatic hydroxyl groups excluding tert-OH is 1. The average molecular weight is 322 g/mol. The summed E-state index contributed by atoms with van der Waals surface area (Å²) in [5.74, 6) is -0.829. The molecular weight excluding hydrogens is 317 g/mol. The summed E-state index contributed by atoms with van der Waals surface area (Å²) in [6.07, 6.45) is -7.96. The number of nitrogens with zero attached hydrogens (tertiary/aromatic N) is 1. The molecule has 0 aliphatic carbocycles. The Kier molecular flexibility index (Phi) is 4.26. The maximum absolute atomic E-state index is 12.3. The third-order valence-electron chi connectivity index (χ3n) is 1.64. The van der Waals surface area contributed by atoms with E-state index in [1.807, 2.05) is 0 Å². The van der Waals surface area contributed by atoms with Crippen molar-refractivity contribution < 1.29 is 31.8 Å². The summed E-state index contributed by atoms with van der Waals surface area (Å²) >= 11 is 2.58. The van der Waals surface area contributed by atoms with Crippen LogP contribution in [0, 0.1) is 0 Å². The normalized spacial score (nSPS) is 12.0. The van der Waals surface area contributed by atoms with Crippen molar-refractivity contribution >= 4 is 15.9 Å². The van der Waals surface area contributed by atoms with Crippen LogP contribution in [0.3, 0.4) is 0 Å². The molecule has 0 unspecified atom stereocenters. The van der Waals surface area contributed by atoms with Crippen molar-refractivity contribution in [3.8, 4) is 5.75 Å². The highest BCUT2D eigenvalue weighted by Gasteiger charge is 2.34. The first kappa shape index (κ1) is 14.1. The van der Waals surface area contributed by atoms with E-state index in [4.69, 9.17) is 5.11 Å². The number of aromatic nitrogens is 1. The van der Waals surface area contributed by atoms with Crippen molar-refractivity contribution in [2.75, 3.05) is 0 Å². The zero-order chi connectivity index (χ0) is 13.2. The number of hydrogen-bond acceptors (Lipinski definition) is 3. The van der Waals surface area contributed by atoms with E-state index in [2.05, 4.69) is 25.7 Å². The summed E-state index contributed by atoms with van der Waals surface area (Å²) < 4.78 is 63.6. The SMILES string of the molecule is OCc1cc(C(F)F)nc(Br)c1OC(F)(F)F. The Labute approximate surface area is 100 Å². The van der Waals surface area contributed by atoms with Crippen LogP contribution in [0.25, 0.3) is 0 Å². The second-order valence-corrected chi connectivity index (χ2v) is 3.58. The lowest BCUT2D eigenvalue weighted by molar-refractivity contribution is -0.275. The van der Waals surface area contributed by atoms with Gasteiger partial charge in [-0.2, -0.15) is 0 Å². The molecule has 0 radical (unpaired) electrons. The van der Waals surface area contributed by atoms with Crippen LogP contribution in [0.4, 0.5) is 22.0 Å². The minimum absolute atomic E-state index is 0.431. The number of aliphatic hydroxyl groups is 1. The molecule has 1 rings (SSSR count). The minimum Gasteiger partial charge on any atom is -0.402 e. The van der Waals surface area contributed by atoms with Gasteiger partial charge in [0.1, 0.15) is 10.3 Å². The molecule has 0 spiro atoms. The van der Waals surface area contributed by atoms with Gasteiger partial charge in [-0.05, 0) is 22.0 Å². The van der Waals surface area contributed by atoms with Crippen molar-refractivity contribution in [1.29, 1.82) is 0 Å². The minimum atomic E-state index is -5.00. The van der Waals surface area contributed by atoms with Crippen LogP contribution in [0.15, 0.2) is 10.7 Å². The third-order valence-corrected chi connectivity index (χ3v) is 2.18. The molecule has 3 nitrogen and oxygen atoms in total. The van der Waals surface area contributed by atoms with E-state index in [1.54, 1.807) is 0 Å². The van der Waals surface area contributed by atoms with Gasteiger partial charge in [0, 0.05) is 5.56 Å². The van der Waals surface area contributed by atoms with Crippen LogP contribution in [0.1, 0.15) is 17.7 Å². The predicted octanol–water partition coefficient (Wildman–Crippen LogP) is 3.17. The standard InChI is InChI=1S/C8H5BrF5NO2/c9-6-5(17-8(12,13)14)3(2-16)1-4(15-6)7(10)11/h1,7,16H,2H2. The number of hydrogen-bond donors (Lipinski definition) is 1. The van der Waals surface area contributed by atoms with Crippen molar-refractivity contribution in [3.63, 3.8) is 0 Å². The number of alkyl halides is 5. The summed E-state index contributed by atoms with van der Waals surface area (Å²) in [4.78, 5) is 3.20. The smallest absolute Gasteiger partial charge is 0.402 e. The summed E-state index contributed by atoms with van der Waals surface area (Å²) in [5, 5.41) is 8.81. The first-order chi connectivity index (χ1) is 7.74. The van der Waals surface area contributed by atoms with E-state index < -0.39 is 41.0 Å². The Morgan fingerprint density at radius 1 is 1.41 bits per heavy atom. The number of pyridine rings is 1. The van der Waals surface area contributed by atoms with E-state index in [1.165, 1.54) is 0 Å². The molecule has 0 aliphatic heterocycles. The highest BCUT2D eigenvalue weighted by molar-refractivity contribution is 9.10. The van der Waals surface area contributed by atoms with Gasteiger partial charge in [0.2, 0.25) is 0 Å². The molecule has 96 valence electrons. The van der Waals surface area contributed by atoms with Crippen LogP contribution in [0.2, 0.25) is 0 Å². The highest BCUT2D eigenvalue weighted by atomic mass is 79.9. The molecule has 0 aromatic carbocycles. The second-order valence-electron chi connectivity index (χ2n) is 2.83. The Morgan fingerprint density at radius 2 is 2.00 bits per heavy atom. The maximum Gasteiger partial charge on any atom is 0.573 e. The molecule has 0 amide bonds. The van der Waals surface area contributed by atoms with Crippen LogP contribution in [-0.4, -0.2) is 16.5 Å². The Morgan fingerprint density at radius 3 is 2.41 bits per heavy atom. The average Bonchev–Trinajstić information content (AvgIpc) is 2.18. The number of rotatable bonds is 3. The zero-order valence-corrected chi connectivity index (χ0v) is 9.52. The quantitative estimate of drug-likeness (QED) is 0.687. The zero-order valence-electron chi connectivity index (χ0n) is 7.93. The Hall–Kier alpha value is -0.960. The second kappa shape index (κ2) is 5.13. The third kappa shape index (κ3) is 3.77. The van der Waals surface area contributed by atoms with Crippen LogP contribution in [-0.2, 0) is 6.61 Å². The van der Waals surface area contributed by atoms with E-state index >= 15 is 0 Å². The molecule has 9 heteroatoms. The van der Waals surface area contributed by atoms with Crippen molar-refractivity contribution in [1.82, 2.24) is 4.98 Å². The van der Waals surface area contributed by atoms with Gasteiger partial charge < -0.3 is 9.84 Å². The molecule has 1 heterocycles. The molecule has 0 aliphatic rings. The fraction of sp³-hybridized carbons (Fsp3) is 0.375. The highest BCUT2D eigenvalue weighted by Crippen LogP contribution is 2.34. The molecule has 17 heavy (non-hydrogen) atoms. The summed E-state index contributed by atoms with van der Waals surface area (Å²) in [6, 6.07) is 0.649.